The number of hydrogen-bond acceptors (Lipinski definition) is 0. The zero-order valence-electron chi connectivity index (χ0n) is 8.69. The van der Waals surface area contributed by atoms with Crippen LogP contribution >= 0.6 is 19.8 Å². The first-order valence-electron chi connectivity index (χ1n) is 4.27. The summed E-state index contributed by atoms with van der Waals surface area (Å²) < 4.78 is 1.66. The first-order chi connectivity index (χ1) is 5.91. The van der Waals surface area contributed by atoms with E-state index in [1.165, 1.54) is 5.56 Å². The molecule has 0 amide bonds. The van der Waals surface area contributed by atoms with E-state index < -0.39 is 19.8 Å². The number of benzene rings is 1. The van der Waals surface area contributed by atoms with Crippen LogP contribution in [-0.2, 0) is 17.4 Å². The number of alkyl halides is 2. The molecule has 0 heterocycles. The van der Waals surface area contributed by atoms with Crippen molar-refractivity contribution in [2.45, 2.75) is 18.6 Å². The molecule has 0 unspecified atom stereocenters. The normalized spacial score (nSPS) is 12.8. The Kier molecular flexibility index (Phi) is 3.69. The van der Waals surface area contributed by atoms with Gasteiger partial charge in [-0.1, -0.05) is 0 Å². The number of halogens is 1. The Hall–Kier alpha value is 0.300. The molecule has 0 aliphatic carbocycles. The first-order valence-corrected chi connectivity index (χ1v) is 10.2. The van der Waals surface area contributed by atoms with E-state index in [2.05, 4.69) is 60.6 Å². The minimum atomic E-state index is -0.778. The van der Waals surface area contributed by atoms with Crippen molar-refractivity contribution in [2.75, 3.05) is 9.86 Å². The molecule has 13 heavy (non-hydrogen) atoms. The van der Waals surface area contributed by atoms with Crippen LogP contribution in [0.15, 0.2) is 24.3 Å². The van der Waals surface area contributed by atoms with Crippen molar-refractivity contribution >= 4 is 32.4 Å². The fraction of sp³-hybridized carbons (Fsp3) is 0.455. The molecule has 74 valence electrons. The molecule has 1 aromatic rings. The summed E-state index contributed by atoms with van der Waals surface area (Å²) >= 11 is 2.94. The van der Waals surface area contributed by atoms with Gasteiger partial charge in [-0.15, -0.1) is 0 Å². The second kappa shape index (κ2) is 4.22. The first kappa shape index (κ1) is 11.4. The van der Waals surface area contributed by atoms with Crippen molar-refractivity contribution < 1.29 is 0 Å². The average Bonchev–Trinajstić information content (AvgIpc) is 2.03. The van der Waals surface area contributed by atoms with Crippen LogP contribution in [0.3, 0.4) is 0 Å². The van der Waals surface area contributed by atoms with Crippen LogP contribution in [0.1, 0.15) is 19.4 Å². The van der Waals surface area contributed by atoms with Crippen LogP contribution in [0.5, 0.6) is 0 Å². The predicted octanol–water partition coefficient (Wildman–Crippen LogP) is 2.87. The standard InChI is InChI=1S/C11H17IS/c1-11(2,13)9-5-7-10(8-6-9)12(3)4/h5-8,13H,1-4H3/p+1. The fourth-order valence-corrected chi connectivity index (χ4v) is 3.08. The molecule has 0 aromatic heterocycles. The Balaban J connectivity index is 2.94. The Labute approximate surface area is 93.9 Å². The summed E-state index contributed by atoms with van der Waals surface area (Å²) in [6, 6.07) is 9.03. The fourth-order valence-electron chi connectivity index (χ4n) is 1.12. The van der Waals surface area contributed by atoms with Crippen molar-refractivity contribution in [1.82, 2.24) is 0 Å². The van der Waals surface area contributed by atoms with Gasteiger partial charge in [0.25, 0.3) is 0 Å². The molecule has 0 fully saturated rings. The van der Waals surface area contributed by atoms with Gasteiger partial charge in [0.2, 0.25) is 0 Å². The molecule has 0 aliphatic heterocycles. The van der Waals surface area contributed by atoms with E-state index in [4.69, 9.17) is 0 Å². The van der Waals surface area contributed by atoms with Gasteiger partial charge in [0.1, 0.15) is 0 Å². The molecule has 0 saturated carbocycles. The van der Waals surface area contributed by atoms with Gasteiger partial charge in [-0.2, -0.15) is 0 Å². The van der Waals surface area contributed by atoms with Crippen molar-refractivity contribution in [3.8, 4) is 0 Å². The summed E-state index contributed by atoms with van der Waals surface area (Å²) in [7, 11) is 0. The van der Waals surface area contributed by atoms with Crippen molar-refractivity contribution in [1.29, 1.82) is 0 Å². The van der Waals surface area contributed by atoms with E-state index in [1.807, 2.05) is 0 Å². The maximum absolute atomic E-state index is 3.71. The molecule has 0 bridgehead atoms. The third-order valence-corrected chi connectivity index (χ3v) is 5.50. The third kappa shape index (κ3) is 3.17. The second-order valence-corrected chi connectivity index (χ2v) is 10.7. The molecule has 0 aliphatic rings. The summed E-state index contributed by atoms with van der Waals surface area (Å²) in [6.45, 7) is 4.35. The summed E-state index contributed by atoms with van der Waals surface area (Å²) in [4.78, 5) is 4.75. The van der Waals surface area contributed by atoms with Crippen molar-refractivity contribution in [3.63, 3.8) is 0 Å². The molecule has 1 aromatic carbocycles. The van der Waals surface area contributed by atoms with Crippen LogP contribution in [0.25, 0.3) is 0 Å². The van der Waals surface area contributed by atoms with E-state index in [0.717, 1.165) is 0 Å². The van der Waals surface area contributed by atoms with Crippen LogP contribution < -0.4 is 0 Å². The molecule has 0 spiro atoms. The summed E-state index contributed by atoms with van der Waals surface area (Å²) in [5.74, 6) is 0. The Morgan fingerprint density at radius 1 is 1.08 bits per heavy atom. The SMILES string of the molecule is CI(C)c1ccc(C(C)(C)[SH2+])cc1. The van der Waals surface area contributed by atoms with Crippen molar-refractivity contribution in [3.05, 3.63) is 33.4 Å². The van der Waals surface area contributed by atoms with Gasteiger partial charge in [-0.05, 0) is 0 Å². The molecule has 2 heteroatoms. The van der Waals surface area contributed by atoms with Crippen LogP contribution in [0.2, 0.25) is 0 Å². The molecule has 0 radical (unpaired) electrons. The van der Waals surface area contributed by atoms with Gasteiger partial charge in [0.05, 0.1) is 0 Å². The molecule has 1 rings (SSSR count). The van der Waals surface area contributed by atoms with Crippen LogP contribution in [0, 0.1) is 3.57 Å². The third-order valence-electron chi connectivity index (χ3n) is 2.00. The summed E-state index contributed by atoms with van der Waals surface area (Å²) in [5.41, 5.74) is 1.35. The zero-order valence-corrected chi connectivity index (χ0v) is 11.8. The molecular weight excluding hydrogens is 291 g/mol. The monoisotopic (exact) mass is 309 g/mol. The van der Waals surface area contributed by atoms with Crippen molar-refractivity contribution in [2.24, 2.45) is 0 Å². The van der Waals surface area contributed by atoms with Crippen LogP contribution in [0.4, 0.5) is 0 Å². The minimum absolute atomic E-state index is 0.0963. The number of rotatable bonds is 2. The van der Waals surface area contributed by atoms with E-state index in [9.17, 15) is 0 Å². The van der Waals surface area contributed by atoms with E-state index in [0.29, 0.717) is 0 Å². The average molecular weight is 309 g/mol. The van der Waals surface area contributed by atoms with E-state index in [1.54, 1.807) is 3.57 Å². The molecule has 0 saturated heterocycles. The Bertz CT molecular complexity index is 269. The Morgan fingerprint density at radius 2 is 1.54 bits per heavy atom. The topological polar surface area (TPSA) is 0 Å². The maximum atomic E-state index is 3.71. The van der Waals surface area contributed by atoms with Gasteiger partial charge >= 0.3 is 94.3 Å². The van der Waals surface area contributed by atoms with E-state index in [-0.39, 0.29) is 4.75 Å². The molecule has 0 N–H and O–H groups in total. The van der Waals surface area contributed by atoms with Gasteiger partial charge in [0.15, 0.2) is 0 Å². The van der Waals surface area contributed by atoms with E-state index >= 15 is 0 Å². The molecule has 0 nitrogen and oxygen atoms in total. The quantitative estimate of drug-likeness (QED) is 0.448. The van der Waals surface area contributed by atoms with Gasteiger partial charge in [0, 0.05) is 0 Å². The molecular formula is C11H18IS+. The van der Waals surface area contributed by atoms with Gasteiger partial charge in [-0.3, -0.25) is 0 Å². The second-order valence-electron chi connectivity index (χ2n) is 3.89. The molecule has 0 atom stereocenters. The van der Waals surface area contributed by atoms with Gasteiger partial charge < -0.3 is 0 Å². The number of hydrogen-bond donors (Lipinski definition) is 0. The predicted molar refractivity (Wildman–Crippen MR) is 74.2 cm³/mol. The Morgan fingerprint density at radius 3 is 1.85 bits per heavy atom. The zero-order chi connectivity index (χ0) is 10.1. The van der Waals surface area contributed by atoms with Gasteiger partial charge in [-0.25, -0.2) is 0 Å². The van der Waals surface area contributed by atoms with Crippen LogP contribution in [-0.4, -0.2) is 9.86 Å². The summed E-state index contributed by atoms with van der Waals surface area (Å²) in [6.07, 6.45) is 0. The summed E-state index contributed by atoms with van der Waals surface area (Å²) in [5, 5.41) is 0.